The molecule has 0 aromatic heterocycles. The number of hydrogen-bond donors (Lipinski definition) is 1. The van der Waals surface area contributed by atoms with Gasteiger partial charge in [-0.1, -0.05) is 79.7 Å². The topological polar surface area (TPSA) is 49.4 Å². The van der Waals surface area contributed by atoms with Crippen LogP contribution in [0.2, 0.25) is 0 Å². The number of nitrogens with zero attached hydrogens (tertiary/aromatic N) is 1. The summed E-state index contributed by atoms with van der Waals surface area (Å²) in [5.74, 6) is 0. The average molecular weight is 437 g/mol. The van der Waals surface area contributed by atoms with Gasteiger partial charge in [-0.05, 0) is 49.1 Å². The Kier molecular flexibility index (Phi) is 7.52. The van der Waals surface area contributed by atoms with Crippen molar-refractivity contribution in [2.45, 2.75) is 45.0 Å². The zero-order chi connectivity index (χ0) is 22.3. The molecule has 4 nitrogen and oxygen atoms in total. The molecule has 0 spiro atoms. The molecule has 0 aliphatic heterocycles. The third-order valence-electron chi connectivity index (χ3n) is 5.57. The second-order valence-electron chi connectivity index (χ2n) is 8.28. The zero-order valence-electron chi connectivity index (χ0n) is 18.6. The lowest BCUT2D eigenvalue weighted by molar-refractivity contribution is 0.539. The SMILES string of the molecule is CCCNS(=O)(=O)C(C)(C)c1ccc(N(Cc2ccccc2)Cc2ccccc2)cc1. The zero-order valence-corrected chi connectivity index (χ0v) is 19.4. The van der Waals surface area contributed by atoms with Crippen LogP contribution < -0.4 is 9.62 Å². The monoisotopic (exact) mass is 436 g/mol. The van der Waals surface area contributed by atoms with Gasteiger partial charge in [0, 0.05) is 25.3 Å². The molecular formula is C26H32N2O2S. The Morgan fingerprint density at radius 2 is 1.26 bits per heavy atom. The van der Waals surface area contributed by atoms with Crippen LogP contribution in [0.1, 0.15) is 43.9 Å². The molecule has 3 aromatic rings. The van der Waals surface area contributed by atoms with E-state index in [1.807, 2.05) is 43.3 Å². The van der Waals surface area contributed by atoms with Crippen LogP contribution in [-0.2, 0) is 27.9 Å². The number of sulfonamides is 1. The number of hydrogen-bond acceptors (Lipinski definition) is 3. The van der Waals surface area contributed by atoms with Gasteiger partial charge in [-0.25, -0.2) is 13.1 Å². The molecule has 0 aliphatic rings. The van der Waals surface area contributed by atoms with E-state index in [4.69, 9.17) is 0 Å². The van der Waals surface area contributed by atoms with Crippen molar-refractivity contribution in [3.8, 4) is 0 Å². The summed E-state index contributed by atoms with van der Waals surface area (Å²) in [4.78, 5) is 2.31. The predicted octanol–water partition coefficient (Wildman–Crippen LogP) is 5.46. The molecule has 1 N–H and O–H groups in total. The normalized spacial score (nSPS) is 12.0. The van der Waals surface area contributed by atoms with E-state index in [0.717, 1.165) is 30.8 Å². The molecule has 0 amide bonds. The van der Waals surface area contributed by atoms with Crippen molar-refractivity contribution in [1.29, 1.82) is 0 Å². The van der Waals surface area contributed by atoms with E-state index in [-0.39, 0.29) is 0 Å². The molecule has 0 bridgehead atoms. The van der Waals surface area contributed by atoms with Gasteiger partial charge in [0.15, 0.2) is 0 Å². The molecule has 0 aliphatic carbocycles. The van der Waals surface area contributed by atoms with Gasteiger partial charge in [0.1, 0.15) is 4.75 Å². The smallest absolute Gasteiger partial charge is 0.221 e. The first-order valence-electron chi connectivity index (χ1n) is 10.8. The molecule has 0 unspecified atom stereocenters. The lowest BCUT2D eigenvalue weighted by atomic mass is 10.0. The molecule has 31 heavy (non-hydrogen) atoms. The molecule has 0 atom stereocenters. The van der Waals surface area contributed by atoms with E-state index in [9.17, 15) is 8.42 Å². The first kappa shape index (κ1) is 23.0. The summed E-state index contributed by atoms with van der Waals surface area (Å²) in [5.41, 5.74) is 4.30. The summed E-state index contributed by atoms with van der Waals surface area (Å²) in [6, 6.07) is 28.7. The van der Waals surface area contributed by atoms with E-state index in [1.165, 1.54) is 11.1 Å². The fourth-order valence-corrected chi connectivity index (χ4v) is 4.77. The highest BCUT2D eigenvalue weighted by molar-refractivity contribution is 7.90. The Morgan fingerprint density at radius 3 is 1.71 bits per heavy atom. The van der Waals surface area contributed by atoms with E-state index in [1.54, 1.807) is 13.8 Å². The third kappa shape index (κ3) is 5.75. The van der Waals surface area contributed by atoms with Crippen LogP contribution in [0.25, 0.3) is 0 Å². The van der Waals surface area contributed by atoms with E-state index < -0.39 is 14.8 Å². The fourth-order valence-electron chi connectivity index (χ4n) is 3.49. The van der Waals surface area contributed by atoms with Crippen molar-refractivity contribution in [2.24, 2.45) is 0 Å². The van der Waals surface area contributed by atoms with Gasteiger partial charge in [0.05, 0.1) is 0 Å². The second-order valence-corrected chi connectivity index (χ2v) is 10.6. The quantitative estimate of drug-likeness (QED) is 0.459. The number of anilines is 1. The summed E-state index contributed by atoms with van der Waals surface area (Å²) in [7, 11) is -3.47. The Morgan fingerprint density at radius 1 is 0.774 bits per heavy atom. The standard InChI is InChI=1S/C26H32N2O2S/c1-4-19-27-31(29,30)26(2,3)24-15-17-25(18-16-24)28(20-22-11-7-5-8-12-22)21-23-13-9-6-10-14-23/h5-18,27H,4,19-21H2,1-3H3. The van der Waals surface area contributed by atoms with E-state index >= 15 is 0 Å². The molecule has 0 heterocycles. The lowest BCUT2D eigenvalue weighted by Gasteiger charge is -2.28. The van der Waals surface area contributed by atoms with Gasteiger partial charge in [0.2, 0.25) is 10.0 Å². The van der Waals surface area contributed by atoms with Crippen molar-refractivity contribution >= 4 is 15.7 Å². The molecular weight excluding hydrogens is 404 g/mol. The van der Waals surface area contributed by atoms with Gasteiger partial charge in [-0.15, -0.1) is 0 Å². The fraction of sp³-hybridized carbons (Fsp3) is 0.308. The van der Waals surface area contributed by atoms with Crippen LogP contribution in [0.4, 0.5) is 5.69 Å². The number of nitrogens with one attached hydrogen (secondary N) is 1. The minimum atomic E-state index is -3.47. The molecule has 0 saturated heterocycles. The first-order chi connectivity index (χ1) is 14.8. The number of rotatable bonds is 10. The Bertz CT molecular complexity index is 1010. The highest BCUT2D eigenvalue weighted by Crippen LogP contribution is 2.31. The van der Waals surface area contributed by atoms with Gasteiger partial charge in [-0.3, -0.25) is 0 Å². The molecule has 0 saturated carbocycles. The van der Waals surface area contributed by atoms with Crippen molar-refractivity contribution in [3.05, 3.63) is 102 Å². The van der Waals surface area contributed by atoms with Crippen molar-refractivity contribution in [2.75, 3.05) is 11.4 Å². The Labute approximate surface area is 187 Å². The van der Waals surface area contributed by atoms with Crippen LogP contribution in [-0.4, -0.2) is 15.0 Å². The highest BCUT2D eigenvalue weighted by atomic mass is 32.2. The summed E-state index contributed by atoms with van der Waals surface area (Å²) >= 11 is 0. The molecule has 3 aromatic carbocycles. The van der Waals surface area contributed by atoms with Crippen molar-refractivity contribution < 1.29 is 8.42 Å². The Balaban J connectivity index is 1.87. The van der Waals surface area contributed by atoms with Gasteiger partial charge < -0.3 is 4.90 Å². The van der Waals surface area contributed by atoms with Crippen LogP contribution in [0.3, 0.4) is 0 Å². The highest BCUT2D eigenvalue weighted by Gasteiger charge is 2.35. The minimum Gasteiger partial charge on any atom is -0.363 e. The van der Waals surface area contributed by atoms with Crippen LogP contribution in [0, 0.1) is 0 Å². The van der Waals surface area contributed by atoms with Gasteiger partial charge in [-0.2, -0.15) is 0 Å². The maximum absolute atomic E-state index is 12.8. The van der Waals surface area contributed by atoms with E-state index in [2.05, 4.69) is 58.2 Å². The molecule has 0 radical (unpaired) electrons. The third-order valence-corrected chi connectivity index (χ3v) is 7.74. The summed E-state index contributed by atoms with van der Waals surface area (Å²) in [6.07, 6.45) is 0.766. The minimum absolute atomic E-state index is 0.450. The van der Waals surface area contributed by atoms with Gasteiger partial charge in [0.25, 0.3) is 0 Å². The maximum Gasteiger partial charge on any atom is 0.221 e. The molecule has 5 heteroatoms. The molecule has 164 valence electrons. The summed E-state index contributed by atoms with van der Waals surface area (Å²) in [6.45, 7) is 7.46. The average Bonchev–Trinajstić information content (AvgIpc) is 2.78. The first-order valence-corrected chi connectivity index (χ1v) is 12.2. The van der Waals surface area contributed by atoms with Crippen molar-refractivity contribution in [3.63, 3.8) is 0 Å². The predicted molar refractivity (Wildman–Crippen MR) is 129 cm³/mol. The van der Waals surface area contributed by atoms with Crippen molar-refractivity contribution in [1.82, 2.24) is 4.72 Å². The molecule has 0 fully saturated rings. The maximum atomic E-state index is 12.8. The summed E-state index contributed by atoms with van der Waals surface area (Å²) < 4.78 is 27.3. The second kappa shape index (κ2) is 10.1. The summed E-state index contributed by atoms with van der Waals surface area (Å²) in [5, 5.41) is 0. The lowest BCUT2D eigenvalue weighted by Crippen LogP contribution is -2.40. The molecule has 3 rings (SSSR count). The van der Waals surface area contributed by atoms with Gasteiger partial charge >= 0.3 is 0 Å². The van der Waals surface area contributed by atoms with Crippen LogP contribution >= 0.6 is 0 Å². The van der Waals surface area contributed by atoms with E-state index in [0.29, 0.717) is 6.54 Å². The Hall–Kier alpha value is -2.63. The van der Waals surface area contributed by atoms with Crippen LogP contribution in [0.5, 0.6) is 0 Å². The number of benzene rings is 3. The van der Waals surface area contributed by atoms with Crippen LogP contribution in [0.15, 0.2) is 84.9 Å². The largest absolute Gasteiger partial charge is 0.363 e.